The summed E-state index contributed by atoms with van der Waals surface area (Å²) in [5.41, 5.74) is 0. The maximum Gasteiger partial charge on any atom is 0.279 e. The van der Waals surface area contributed by atoms with Crippen molar-refractivity contribution in [1.29, 1.82) is 0 Å². The molecule has 2 fully saturated rings. The molecule has 2 aliphatic rings. The van der Waals surface area contributed by atoms with Gasteiger partial charge in [-0.2, -0.15) is 17.4 Å². The van der Waals surface area contributed by atoms with E-state index in [1.165, 1.54) is 4.31 Å². The van der Waals surface area contributed by atoms with E-state index in [4.69, 9.17) is 4.74 Å². The van der Waals surface area contributed by atoms with Crippen LogP contribution in [-0.2, 0) is 14.9 Å². The van der Waals surface area contributed by atoms with Crippen LogP contribution in [0, 0.1) is 5.92 Å². The molecule has 2 heterocycles. The van der Waals surface area contributed by atoms with Crippen molar-refractivity contribution in [3.8, 4) is 0 Å². The van der Waals surface area contributed by atoms with E-state index in [0.717, 1.165) is 13.0 Å². The van der Waals surface area contributed by atoms with Gasteiger partial charge in [0.05, 0.1) is 12.2 Å². The molecule has 0 aromatic rings. The van der Waals surface area contributed by atoms with E-state index in [1.807, 2.05) is 13.8 Å². The summed E-state index contributed by atoms with van der Waals surface area (Å²) in [6.07, 6.45) is 0.896. The number of rotatable bonds is 3. The maximum absolute atomic E-state index is 12.4. The lowest BCUT2D eigenvalue weighted by molar-refractivity contribution is -0.0445. The van der Waals surface area contributed by atoms with Gasteiger partial charge in [-0.25, -0.2) is 0 Å². The zero-order valence-electron chi connectivity index (χ0n) is 11.9. The zero-order valence-corrected chi connectivity index (χ0v) is 12.7. The first-order valence-electron chi connectivity index (χ1n) is 7.02. The highest BCUT2D eigenvalue weighted by Crippen LogP contribution is 2.17. The lowest BCUT2D eigenvalue weighted by Gasteiger charge is -2.37. The smallest absolute Gasteiger partial charge is 0.279 e. The van der Waals surface area contributed by atoms with Gasteiger partial charge in [-0.1, -0.05) is 6.92 Å². The normalized spacial score (nSPS) is 38.3. The average molecular weight is 291 g/mol. The molecule has 0 saturated carbocycles. The highest BCUT2D eigenvalue weighted by atomic mass is 32.2. The number of ether oxygens (including phenoxy) is 1. The van der Waals surface area contributed by atoms with E-state index in [9.17, 15) is 8.42 Å². The zero-order chi connectivity index (χ0) is 14.0. The Morgan fingerprint density at radius 3 is 2.42 bits per heavy atom. The number of morpholine rings is 1. The standard InChI is InChI=1S/C12H25N3O3S/c1-9-4-5-13-6-12(9)14-19(16,17)15-7-10(2)18-11(3)8-15/h9-14H,4-8H2,1-3H3. The fraction of sp³-hybridized carbons (Fsp3) is 1.00. The molecule has 2 saturated heterocycles. The summed E-state index contributed by atoms with van der Waals surface area (Å²) in [5.74, 6) is 0.368. The predicted molar refractivity (Wildman–Crippen MR) is 74.1 cm³/mol. The third kappa shape index (κ3) is 3.88. The molecule has 7 heteroatoms. The second-order valence-electron chi connectivity index (χ2n) is 5.77. The molecule has 4 unspecified atom stereocenters. The summed E-state index contributed by atoms with van der Waals surface area (Å²) < 4.78 is 34.8. The van der Waals surface area contributed by atoms with Crippen LogP contribution < -0.4 is 10.0 Å². The molecule has 2 aliphatic heterocycles. The van der Waals surface area contributed by atoms with Gasteiger partial charge in [-0.15, -0.1) is 0 Å². The second kappa shape index (κ2) is 6.05. The van der Waals surface area contributed by atoms with Crippen molar-refractivity contribution in [2.75, 3.05) is 26.2 Å². The predicted octanol–water partition coefficient (Wildman–Crippen LogP) is -0.0720. The number of hydrogen-bond donors (Lipinski definition) is 2. The fourth-order valence-electron chi connectivity index (χ4n) is 2.74. The minimum Gasteiger partial charge on any atom is -0.373 e. The van der Waals surface area contributed by atoms with Gasteiger partial charge < -0.3 is 10.1 Å². The number of nitrogens with zero attached hydrogens (tertiary/aromatic N) is 1. The van der Waals surface area contributed by atoms with Crippen LogP contribution in [0.5, 0.6) is 0 Å². The Bertz CT molecular complexity index is 391. The van der Waals surface area contributed by atoms with Gasteiger partial charge in [-0.05, 0) is 32.7 Å². The van der Waals surface area contributed by atoms with Crippen molar-refractivity contribution in [2.24, 2.45) is 5.92 Å². The molecule has 6 nitrogen and oxygen atoms in total. The van der Waals surface area contributed by atoms with E-state index in [2.05, 4.69) is 17.0 Å². The average Bonchev–Trinajstić information content (AvgIpc) is 2.31. The molecule has 0 bridgehead atoms. The number of piperidine rings is 1. The van der Waals surface area contributed by atoms with Gasteiger partial charge >= 0.3 is 0 Å². The van der Waals surface area contributed by atoms with Gasteiger partial charge in [0, 0.05) is 25.7 Å². The summed E-state index contributed by atoms with van der Waals surface area (Å²) in [7, 11) is -3.42. The monoisotopic (exact) mass is 291 g/mol. The Balaban J connectivity index is 2.01. The Hall–Kier alpha value is -0.210. The number of hydrogen-bond acceptors (Lipinski definition) is 4. The highest BCUT2D eigenvalue weighted by Gasteiger charge is 2.34. The topological polar surface area (TPSA) is 70.7 Å². The third-order valence-corrected chi connectivity index (χ3v) is 5.43. The molecule has 0 aromatic carbocycles. The molecule has 2 N–H and O–H groups in total. The first kappa shape index (κ1) is 15.2. The van der Waals surface area contributed by atoms with E-state index in [1.54, 1.807) is 0 Å². The van der Waals surface area contributed by atoms with E-state index >= 15 is 0 Å². The third-order valence-electron chi connectivity index (χ3n) is 3.85. The van der Waals surface area contributed by atoms with Crippen molar-refractivity contribution in [3.05, 3.63) is 0 Å². The summed E-state index contributed by atoms with van der Waals surface area (Å²) in [4.78, 5) is 0. The van der Waals surface area contributed by atoms with Gasteiger partial charge in [0.25, 0.3) is 10.2 Å². The largest absolute Gasteiger partial charge is 0.373 e. The van der Waals surface area contributed by atoms with Crippen molar-refractivity contribution in [3.63, 3.8) is 0 Å². The van der Waals surface area contributed by atoms with Crippen molar-refractivity contribution in [1.82, 2.24) is 14.3 Å². The Morgan fingerprint density at radius 2 is 1.84 bits per heavy atom. The minimum absolute atomic E-state index is 0.0211. The molecule has 4 atom stereocenters. The molecule has 2 rings (SSSR count). The Kier molecular flexibility index (Phi) is 4.84. The van der Waals surface area contributed by atoms with Crippen LogP contribution in [0.1, 0.15) is 27.2 Å². The molecule has 19 heavy (non-hydrogen) atoms. The van der Waals surface area contributed by atoms with Crippen molar-refractivity contribution < 1.29 is 13.2 Å². The van der Waals surface area contributed by atoms with Crippen LogP contribution in [0.3, 0.4) is 0 Å². The molecule has 0 spiro atoms. The maximum atomic E-state index is 12.4. The summed E-state index contributed by atoms with van der Waals surface area (Å²) in [6, 6.07) is -0.0211. The van der Waals surface area contributed by atoms with E-state index in [-0.39, 0.29) is 18.2 Å². The molecular formula is C12H25N3O3S. The molecule has 0 radical (unpaired) electrons. The number of nitrogens with one attached hydrogen (secondary N) is 2. The first-order valence-corrected chi connectivity index (χ1v) is 8.46. The van der Waals surface area contributed by atoms with Crippen molar-refractivity contribution >= 4 is 10.2 Å². The van der Waals surface area contributed by atoms with E-state index in [0.29, 0.717) is 25.6 Å². The van der Waals surface area contributed by atoms with Gasteiger partial charge in [-0.3, -0.25) is 0 Å². The lowest BCUT2D eigenvalue weighted by Crippen LogP contribution is -2.57. The van der Waals surface area contributed by atoms with Crippen LogP contribution in [0.2, 0.25) is 0 Å². The van der Waals surface area contributed by atoms with Crippen molar-refractivity contribution in [2.45, 2.75) is 45.4 Å². The molecule has 0 aliphatic carbocycles. The SMILES string of the molecule is CC1CN(S(=O)(=O)NC2CNCCC2C)CC(C)O1. The Labute approximate surface area is 116 Å². The molecule has 0 amide bonds. The summed E-state index contributed by atoms with van der Waals surface area (Å²) >= 11 is 0. The second-order valence-corrected chi connectivity index (χ2v) is 7.48. The van der Waals surface area contributed by atoms with Crippen LogP contribution in [0.4, 0.5) is 0 Å². The first-order chi connectivity index (χ1) is 8.88. The quantitative estimate of drug-likeness (QED) is 0.763. The van der Waals surface area contributed by atoms with Gasteiger partial charge in [0.15, 0.2) is 0 Å². The summed E-state index contributed by atoms with van der Waals surface area (Å²) in [5, 5.41) is 3.24. The highest BCUT2D eigenvalue weighted by molar-refractivity contribution is 7.87. The van der Waals surface area contributed by atoms with E-state index < -0.39 is 10.2 Å². The molecular weight excluding hydrogens is 266 g/mol. The Morgan fingerprint density at radius 1 is 1.21 bits per heavy atom. The van der Waals surface area contributed by atoms with Crippen LogP contribution >= 0.6 is 0 Å². The van der Waals surface area contributed by atoms with Gasteiger partial charge in [0.1, 0.15) is 0 Å². The van der Waals surface area contributed by atoms with Gasteiger partial charge in [0.2, 0.25) is 0 Å². The van der Waals surface area contributed by atoms with Crippen LogP contribution in [0.25, 0.3) is 0 Å². The fourth-order valence-corrected chi connectivity index (χ4v) is 4.40. The summed E-state index contributed by atoms with van der Waals surface area (Å²) in [6.45, 7) is 8.42. The minimum atomic E-state index is -3.42. The molecule has 0 aromatic heterocycles. The lowest BCUT2D eigenvalue weighted by atomic mass is 9.96. The van der Waals surface area contributed by atoms with Crippen LogP contribution in [0.15, 0.2) is 0 Å². The molecule has 112 valence electrons. The van der Waals surface area contributed by atoms with Crippen LogP contribution in [-0.4, -0.2) is 57.2 Å².